The number of nitrogens with two attached hydrogens (primary N) is 2. The Kier molecular flexibility index (Phi) is 3.52. The first kappa shape index (κ1) is 14.1. The maximum absolute atomic E-state index is 6.56. The topological polar surface area (TPSA) is 98.0 Å². The minimum Gasteiger partial charge on any atom is -0.497 e. The molecule has 0 amide bonds. The second-order valence-electron chi connectivity index (χ2n) is 4.93. The Balaban J connectivity index is 2.09. The minimum atomic E-state index is -1.15. The van der Waals surface area contributed by atoms with E-state index >= 15 is 0 Å². The molecule has 0 saturated carbocycles. The normalized spacial score (nSPS) is 20.6. The van der Waals surface area contributed by atoms with E-state index in [-0.39, 0.29) is 5.96 Å². The van der Waals surface area contributed by atoms with Crippen molar-refractivity contribution in [2.45, 2.75) is 5.66 Å². The van der Waals surface area contributed by atoms with Crippen LogP contribution in [0.4, 0.5) is 0 Å². The third kappa shape index (κ3) is 2.40. The predicted molar refractivity (Wildman–Crippen MR) is 86.6 cm³/mol. The lowest BCUT2D eigenvalue weighted by Crippen LogP contribution is -2.51. The van der Waals surface area contributed by atoms with E-state index in [1.165, 1.54) is 0 Å². The summed E-state index contributed by atoms with van der Waals surface area (Å²) in [5, 5.41) is 4.31. The van der Waals surface area contributed by atoms with Gasteiger partial charge in [0.2, 0.25) is 5.96 Å². The molecule has 0 fully saturated rings. The number of methoxy groups -OCH3 is 1. The Bertz CT molecular complexity index is 724. The number of nitrogens with one attached hydrogen (secondary N) is 1. The number of rotatable bonds is 3. The average molecular weight is 295 g/mol. The van der Waals surface area contributed by atoms with Crippen LogP contribution in [-0.2, 0) is 5.66 Å². The summed E-state index contributed by atoms with van der Waals surface area (Å²) in [6.45, 7) is 0. The van der Waals surface area contributed by atoms with Crippen LogP contribution >= 0.6 is 0 Å². The predicted octanol–water partition coefficient (Wildman–Crippen LogP) is 1.13. The molecule has 5 N–H and O–H groups in total. The molecule has 3 rings (SSSR count). The highest BCUT2D eigenvalue weighted by Gasteiger charge is 2.37. The quantitative estimate of drug-likeness (QED) is 0.790. The van der Waals surface area contributed by atoms with Crippen LogP contribution in [0.5, 0.6) is 5.75 Å². The highest BCUT2D eigenvalue weighted by molar-refractivity contribution is 6.10. The van der Waals surface area contributed by atoms with Crippen molar-refractivity contribution < 1.29 is 4.74 Å². The number of ether oxygens (including phenoxy) is 1. The lowest BCUT2D eigenvalue weighted by Gasteiger charge is -2.31. The van der Waals surface area contributed by atoms with Gasteiger partial charge in [-0.25, -0.2) is 10.4 Å². The summed E-state index contributed by atoms with van der Waals surface area (Å²) in [4.78, 5) is 4.39. The van der Waals surface area contributed by atoms with Crippen LogP contribution in [-0.4, -0.2) is 18.8 Å². The lowest BCUT2D eigenvalue weighted by molar-refractivity contribution is 0.414. The number of hydrazone groups is 1. The molecule has 6 heteroatoms. The average Bonchev–Trinajstić information content (AvgIpc) is 2.56. The first-order valence-corrected chi connectivity index (χ1v) is 6.82. The van der Waals surface area contributed by atoms with Crippen LogP contribution in [0.25, 0.3) is 0 Å². The zero-order valence-electron chi connectivity index (χ0n) is 12.2. The second-order valence-corrected chi connectivity index (χ2v) is 4.93. The van der Waals surface area contributed by atoms with E-state index in [9.17, 15) is 0 Å². The molecule has 1 aliphatic heterocycles. The van der Waals surface area contributed by atoms with Gasteiger partial charge in [-0.1, -0.05) is 42.5 Å². The van der Waals surface area contributed by atoms with E-state index in [1.807, 2.05) is 54.6 Å². The van der Waals surface area contributed by atoms with E-state index in [1.54, 1.807) is 7.11 Å². The monoisotopic (exact) mass is 295 g/mol. The molecule has 112 valence electrons. The first-order valence-electron chi connectivity index (χ1n) is 6.82. The molecular formula is C16H17N5O. The zero-order chi connectivity index (χ0) is 15.6. The molecule has 1 unspecified atom stereocenters. The van der Waals surface area contributed by atoms with Gasteiger partial charge in [0.25, 0.3) is 0 Å². The fourth-order valence-corrected chi connectivity index (χ4v) is 2.39. The molecular weight excluding hydrogens is 278 g/mol. The molecule has 0 bridgehead atoms. The van der Waals surface area contributed by atoms with Crippen LogP contribution in [0.1, 0.15) is 11.1 Å². The Hall–Kier alpha value is -2.86. The summed E-state index contributed by atoms with van der Waals surface area (Å²) in [6, 6.07) is 17.0. The summed E-state index contributed by atoms with van der Waals surface area (Å²) >= 11 is 0. The summed E-state index contributed by atoms with van der Waals surface area (Å²) in [7, 11) is 1.62. The van der Waals surface area contributed by atoms with Crippen LogP contribution in [0, 0.1) is 0 Å². The number of guanidine groups is 1. The molecule has 1 aliphatic rings. The van der Waals surface area contributed by atoms with Gasteiger partial charge in [0.05, 0.1) is 7.11 Å². The maximum atomic E-state index is 6.56. The second kappa shape index (κ2) is 5.50. The molecule has 0 spiro atoms. The van der Waals surface area contributed by atoms with Gasteiger partial charge in [0.1, 0.15) is 11.5 Å². The van der Waals surface area contributed by atoms with Crippen molar-refractivity contribution in [3.8, 4) is 5.75 Å². The Morgan fingerprint density at radius 1 is 1.05 bits per heavy atom. The lowest BCUT2D eigenvalue weighted by atomic mass is 9.90. The van der Waals surface area contributed by atoms with Crippen LogP contribution < -0.4 is 21.6 Å². The highest BCUT2D eigenvalue weighted by atomic mass is 16.5. The van der Waals surface area contributed by atoms with E-state index in [2.05, 4.69) is 15.5 Å². The molecule has 0 aromatic heterocycles. The highest BCUT2D eigenvalue weighted by Crippen LogP contribution is 2.28. The molecule has 22 heavy (non-hydrogen) atoms. The number of hydrogen-bond acceptors (Lipinski definition) is 6. The van der Waals surface area contributed by atoms with E-state index in [0.29, 0.717) is 5.71 Å². The van der Waals surface area contributed by atoms with E-state index in [0.717, 1.165) is 16.9 Å². The SMILES string of the molecule is COc1ccc(C2(N)N=C(N)NN=C2c2ccccc2)cc1. The van der Waals surface area contributed by atoms with E-state index in [4.69, 9.17) is 16.2 Å². The molecule has 1 heterocycles. The van der Waals surface area contributed by atoms with Gasteiger partial charge in [0, 0.05) is 11.1 Å². The van der Waals surface area contributed by atoms with Gasteiger partial charge in [-0.3, -0.25) is 5.73 Å². The summed E-state index contributed by atoms with van der Waals surface area (Å²) in [6.07, 6.45) is 0. The summed E-state index contributed by atoms with van der Waals surface area (Å²) in [5.74, 6) is 0.925. The molecule has 0 radical (unpaired) electrons. The molecule has 2 aromatic carbocycles. The van der Waals surface area contributed by atoms with Crippen molar-refractivity contribution in [2.24, 2.45) is 21.6 Å². The van der Waals surface area contributed by atoms with Crippen molar-refractivity contribution >= 4 is 11.7 Å². The smallest absolute Gasteiger partial charge is 0.212 e. The van der Waals surface area contributed by atoms with Crippen molar-refractivity contribution in [3.05, 3.63) is 65.7 Å². The maximum Gasteiger partial charge on any atom is 0.212 e. The molecule has 0 saturated heterocycles. The number of nitrogens with zero attached hydrogens (tertiary/aromatic N) is 2. The molecule has 6 nitrogen and oxygen atoms in total. The standard InChI is InChI=1S/C16H17N5O/c1-22-13-9-7-12(8-10-13)16(18)14(20-21-15(17)19-16)11-5-3-2-4-6-11/h2-10H,18H2,1H3,(H3,17,19,21). The first-order chi connectivity index (χ1) is 10.6. The molecule has 1 atom stereocenters. The Morgan fingerprint density at radius 2 is 1.73 bits per heavy atom. The van der Waals surface area contributed by atoms with Gasteiger partial charge in [-0.2, -0.15) is 5.10 Å². The number of aliphatic imine (C=N–C) groups is 1. The van der Waals surface area contributed by atoms with Gasteiger partial charge < -0.3 is 10.5 Å². The van der Waals surface area contributed by atoms with Crippen molar-refractivity contribution in [1.29, 1.82) is 0 Å². The molecule has 2 aromatic rings. The van der Waals surface area contributed by atoms with Gasteiger partial charge >= 0.3 is 0 Å². The number of benzene rings is 2. The minimum absolute atomic E-state index is 0.179. The van der Waals surface area contributed by atoms with Crippen molar-refractivity contribution in [1.82, 2.24) is 5.43 Å². The van der Waals surface area contributed by atoms with Gasteiger partial charge in [-0.05, 0) is 12.1 Å². The summed E-state index contributed by atoms with van der Waals surface area (Å²) in [5.41, 5.74) is 16.1. The Morgan fingerprint density at radius 3 is 2.36 bits per heavy atom. The van der Waals surface area contributed by atoms with Gasteiger partial charge in [0.15, 0.2) is 5.66 Å². The van der Waals surface area contributed by atoms with Crippen LogP contribution in [0.15, 0.2) is 64.7 Å². The fourth-order valence-electron chi connectivity index (χ4n) is 2.39. The third-order valence-electron chi connectivity index (χ3n) is 3.52. The van der Waals surface area contributed by atoms with Crippen LogP contribution in [0.3, 0.4) is 0 Å². The third-order valence-corrected chi connectivity index (χ3v) is 3.52. The van der Waals surface area contributed by atoms with Crippen LogP contribution in [0.2, 0.25) is 0 Å². The zero-order valence-corrected chi connectivity index (χ0v) is 12.2. The van der Waals surface area contributed by atoms with Crippen molar-refractivity contribution in [3.63, 3.8) is 0 Å². The fraction of sp³-hybridized carbons (Fsp3) is 0.125. The van der Waals surface area contributed by atoms with E-state index < -0.39 is 5.66 Å². The van der Waals surface area contributed by atoms with Crippen molar-refractivity contribution in [2.75, 3.05) is 7.11 Å². The van der Waals surface area contributed by atoms with Gasteiger partial charge in [-0.15, -0.1) is 0 Å². The molecule has 0 aliphatic carbocycles. The number of hydrogen-bond donors (Lipinski definition) is 3. The Labute approximate surface area is 128 Å². The largest absolute Gasteiger partial charge is 0.497 e. The summed E-state index contributed by atoms with van der Waals surface area (Å²) < 4.78 is 5.18.